The van der Waals surface area contributed by atoms with Gasteiger partial charge in [-0.05, 0) is 18.4 Å². The van der Waals surface area contributed by atoms with Crippen LogP contribution >= 0.6 is 11.8 Å². The number of imidazole rings is 1. The molecule has 1 aromatic heterocycles. The summed E-state index contributed by atoms with van der Waals surface area (Å²) in [5.41, 5.74) is 1.87. The molecule has 0 spiro atoms. The second kappa shape index (κ2) is 6.58. The van der Waals surface area contributed by atoms with E-state index >= 15 is 0 Å². The molecule has 0 radical (unpaired) electrons. The Kier molecular flexibility index (Phi) is 4.81. The number of para-hydroxylation sites is 2. The quantitative estimate of drug-likeness (QED) is 0.828. The van der Waals surface area contributed by atoms with Gasteiger partial charge in [-0.1, -0.05) is 12.1 Å². The number of nitrogens with zero attached hydrogens (tertiary/aromatic N) is 2. The lowest BCUT2D eigenvalue weighted by Gasteiger charge is -2.08. The number of aliphatic hydroxyl groups excluding tert-OH is 1. The van der Waals surface area contributed by atoms with E-state index in [1.807, 2.05) is 35.1 Å². The fourth-order valence-electron chi connectivity index (χ4n) is 1.94. The average molecular weight is 279 g/mol. The minimum atomic E-state index is -0.112. The first-order valence-corrected chi connectivity index (χ1v) is 7.46. The third kappa shape index (κ3) is 3.27. The smallest absolute Gasteiger partial charge is 0.240 e. The molecule has 2 rings (SSSR count). The summed E-state index contributed by atoms with van der Waals surface area (Å²) in [7, 11) is 0. The van der Waals surface area contributed by atoms with E-state index in [-0.39, 0.29) is 25.6 Å². The van der Waals surface area contributed by atoms with Crippen molar-refractivity contribution in [2.75, 3.05) is 19.4 Å². The molecule has 1 aromatic carbocycles. The molecule has 6 heteroatoms. The number of rotatable bonds is 6. The maximum absolute atomic E-state index is 11.8. The van der Waals surface area contributed by atoms with Crippen LogP contribution in [-0.2, 0) is 17.1 Å². The number of aromatic nitrogens is 2. The molecule has 19 heavy (non-hydrogen) atoms. The Bertz CT molecular complexity index is 568. The molecule has 0 bridgehead atoms. The molecule has 0 atom stereocenters. The van der Waals surface area contributed by atoms with E-state index in [1.165, 1.54) is 0 Å². The van der Waals surface area contributed by atoms with Crippen LogP contribution in [0.1, 0.15) is 5.82 Å². The third-order valence-corrected chi connectivity index (χ3v) is 3.29. The predicted octanol–water partition coefficient (Wildman–Crippen LogP) is 1.01. The van der Waals surface area contributed by atoms with E-state index in [4.69, 9.17) is 5.11 Å². The molecule has 0 aliphatic heterocycles. The van der Waals surface area contributed by atoms with Crippen LogP contribution in [0.3, 0.4) is 0 Å². The summed E-state index contributed by atoms with van der Waals surface area (Å²) in [5, 5.41) is 11.4. The molecular weight excluding hydrogens is 262 g/mol. The van der Waals surface area contributed by atoms with Crippen LogP contribution in [0.25, 0.3) is 11.0 Å². The van der Waals surface area contributed by atoms with Crippen molar-refractivity contribution in [1.82, 2.24) is 14.9 Å². The van der Waals surface area contributed by atoms with Gasteiger partial charge in [0.25, 0.3) is 0 Å². The van der Waals surface area contributed by atoms with Gasteiger partial charge in [0.1, 0.15) is 12.4 Å². The Balaban J connectivity index is 2.28. The van der Waals surface area contributed by atoms with E-state index in [1.54, 1.807) is 11.8 Å². The van der Waals surface area contributed by atoms with Gasteiger partial charge in [0.15, 0.2) is 0 Å². The highest BCUT2D eigenvalue weighted by molar-refractivity contribution is 7.97. The summed E-state index contributed by atoms with van der Waals surface area (Å²) in [6, 6.07) is 7.79. The van der Waals surface area contributed by atoms with Crippen molar-refractivity contribution < 1.29 is 9.90 Å². The number of nitrogens with one attached hydrogen (secondary N) is 1. The lowest BCUT2D eigenvalue weighted by Crippen LogP contribution is -2.30. The first-order chi connectivity index (χ1) is 9.26. The van der Waals surface area contributed by atoms with E-state index < -0.39 is 0 Å². The Morgan fingerprint density at radius 2 is 2.26 bits per heavy atom. The zero-order valence-electron chi connectivity index (χ0n) is 10.8. The molecule has 5 nitrogen and oxygen atoms in total. The van der Waals surface area contributed by atoms with Crippen molar-refractivity contribution >= 4 is 28.7 Å². The van der Waals surface area contributed by atoms with Crippen LogP contribution < -0.4 is 5.32 Å². The highest BCUT2D eigenvalue weighted by atomic mass is 32.2. The standard InChI is InChI=1S/C13H17N3O2S/c1-19-9-12-15-10-4-2-3-5-11(10)16(12)8-13(18)14-6-7-17/h2-5,17H,6-9H2,1H3,(H,14,18). The fourth-order valence-corrected chi connectivity index (χ4v) is 2.41. The number of hydrogen-bond donors (Lipinski definition) is 2. The van der Waals surface area contributed by atoms with Crippen LogP contribution in [0.5, 0.6) is 0 Å². The molecule has 2 N–H and O–H groups in total. The van der Waals surface area contributed by atoms with Gasteiger partial charge in [-0.3, -0.25) is 4.79 Å². The predicted molar refractivity (Wildman–Crippen MR) is 77.0 cm³/mol. The Morgan fingerprint density at radius 3 is 3.00 bits per heavy atom. The van der Waals surface area contributed by atoms with Gasteiger partial charge < -0.3 is 15.0 Å². The third-order valence-electron chi connectivity index (χ3n) is 2.74. The summed E-state index contributed by atoms with van der Waals surface area (Å²) in [4.78, 5) is 16.3. The van der Waals surface area contributed by atoms with Gasteiger partial charge in [-0.15, -0.1) is 0 Å². The molecule has 2 aromatic rings. The summed E-state index contributed by atoms with van der Waals surface area (Å²) in [5.74, 6) is 1.55. The molecule has 1 heterocycles. The SMILES string of the molecule is CSCc1nc2ccccc2n1CC(=O)NCCO. The van der Waals surface area contributed by atoms with Crippen LogP contribution in [0.2, 0.25) is 0 Å². The second-order valence-corrected chi connectivity index (χ2v) is 4.98. The highest BCUT2D eigenvalue weighted by Crippen LogP contribution is 2.18. The van der Waals surface area contributed by atoms with Crippen molar-refractivity contribution in [3.8, 4) is 0 Å². The summed E-state index contributed by atoms with van der Waals surface area (Å²) in [6.07, 6.45) is 2.01. The van der Waals surface area contributed by atoms with E-state index in [0.29, 0.717) is 0 Å². The van der Waals surface area contributed by atoms with Crippen LogP contribution in [0, 0.1) is 0 Å². The summed E-state index contributed by atoms with van der Waals surface area (Å²) in [6.45, 7) is 0.466. The van der Waals surface area contributed by atoms with Crippen molar-refractivity contribution in [2.45, 2.75) is 12.3 Å². The van der Waals surface area contributed by atoms with Crippen molar-refractivity contribution in [1.29, 1.82) is 0 Å². The topological polar surface area (TPSA) is 67.2 Å². The molecule has 0 unspecified atom stereocenters. The molecule has 0 aliphatic rings. The Labute approximate surface area is 116 Å². The van der Waals surface area contributed by atoms with Crippen molar-refractivity contribution in [3.05, 3.63) is 30.1 Å². The number of benzene rings is 1. The Morgan fingerprint density at radius 1 is 1.47 bits per heavy atom. The van der Waals surface area contributed by atoms with E-state index in [2.05, 4.69) is 10.3 Å². The number of aliphatic hydroxyl groups is 1. The summed E-state index contributed by atoms with van der Waals surface area (Å²) >= 11 is 1.67. The molecule has 0 saturated carbocycles. The maximum Gasteiger partial charge on any atom is 0.240 e. The zero-order chi connectivity index (χ0) is 13.7. The zero-order valence-corrected chi connectivity index (χ0v) is 11.6. The number of amides is 1. The molecule has 0 fully saturated rings. The minimum absolute atomic E-state index is 0.0475. The molecule has 102 valence electrons. The van der Waals surface area contributed by atoms with Gasteiger partial charge in [0.05, 0.1) is 23.4 Å². The number of hydrogen-bond acceptors (Lipinski definition) is 4. The van der Waals surface area contributed by atoms with Crippen molar-refractivity contribution in [3.63, 3.8) is 0 Å². The molecule has 0 saturated heterocycles. The van der Waals surface area contributed by atoms with Gasteiger partial charge in [-0.25, -0.2) is 4.98 Å². The van der Waals surface area contributed by atoms with Crippen LogP contribution in [0.15, 0.2) is 24.3 Å². The van der Waals surface area contributed by atoms with E-state index in [0.717, 1.165) is 22.6 Å². The highest BCUT2D eigenvalue weighted by Gasteiger charge is 2.12. The van der Waals surface area contributed by atoms with Gasteiger partial charge in [-0.2, -0.15) is 11.8 Å². The van der Waals surface area contributed by atoms with Crippen molar-refractivity contribution in [2.24, 2.45) is 0 Å². The van der Waals surface area contributed by atoms with Crippen LogP contribution in [-0.4, -0.2) is 40.0 Å². The first-order valence-electron chi connectivity index (χ1n) is 6.07. The second-order valence-electron chi connectivity index (χ2n) is 4.11. The largest absolute Gasteiger partial charge is 0.395 e. The normalized spacial score (nSPS) is 10.8. The summed E-state index contributed by atoms with van der Waals surface area (Å²) < 4.78 is 1.93. The Hall–Kier alpha value is -1.53. The maximum atomic E-state index is 11.8. The fraction of sp³-hybridized carbons (Fsp3) is 0.385. The number of carbonyl (C=O) groups is 1. The molecule has 1 amide bonds. The monoisotopic (exact) mass is 279 g/mol. The number of carbonyl (C=O) groups excluding carboxylic acids is 1. The van der Waals surface area contributed by atoms with Gasteiger partial charge >= 0.3 is 0 Å². The molecular formula is C13H17N3O2S. The number of thioether (sulfide) groups is 1. The minimum Gasteiger partial charge on any atom is -0.395 e. The lowest BCUT2D eigenvalue weighted by molar-refractivity contribution is -0.121. The first kappa shape index (κ1) is 13.9. The number of fused-ring (bicyclic) bond motifs is 1. The molecule has 0 aliphatic carbocycles. The average Bonchev–Trinajstić information content (AvgIpc) is 2.75. The lowest BCUT2D eigenvalue weighted by atomic mass is 10.3. The van der Waals surface area contributed by atoms with Gasteiger partial charge in [0.2, 0.25) is 5.91 Å². The van der Waals surface area contributed by atoms with E-state index in [9.17, 15) is 4.79 Å². The van der Waals surface area contributed by atoms with Gasteiger partial charge in [0, 0.05) is 6.54 Å². The van der Waals surface area contributed by atoms with Crippen LogP contribution in [0.4, 0.5) is 0 Å².